The molecule has 2 fully saturated rings. The molecule has 4 rings (SSSR count). The van der Waals surface area contributed by atoms with Crippen LogP contribution in [0.15, 0.2) is 35.7 Å². The fourth-order valence-corrected chi connectivity index (χ4v) is 4.94. The van der Waals surface area contributed by atoms with E-state index in [4.69, 9.17) is 0 Å². The van der Waals surface area contributed by atoms with Crippen LogP contribution >= 0.6 is 11.3 Å². The van der Waals surface area contributed by atoms with Crippen LogP contribution in [0.25, 0.3) is 0 Å². The number of carbonyl (C=O) groups is 2. The smallest absolute Gasteiger partial charge is 0.228 e. The van der Waals surface area contributed by atoms with Crippen LogP contribution in [0.2, 0.25) is 0 Å². The van der Waals surface area contributed by atoms with Gasteiger partial charge in [0.2, 0.25) is 11.8 Å². The van der Waals surface area contributed by atoms with E-state index in [1.165, 1.54) is 5.56 Å². The highest BCUT2D eigenvalue weighted by Crippen LogP contribution is 2.28. The first kappa shape index (κ1) is 21.0. The lowest BCUT2D eigenvalue weighted by molar-refractivity contribution is -0.137. The van der Waals surface area contributed by atoms with Crippen LogP contribution < -0.4 is 4.90 Å². The van der Waals surface area contributed by atoms with E-state index < -0.39 is 6.10 Å². The van der Waals surface area contributed by atoms with Gasteiger partial charge in [-0.1, -0.05) is 12.1 Å². The van der Waals surface area contributed by atoms with Crippen molar-refractivity contribution in [3.63, 3.8) is 0 Å². The third-order valence-corrected chi connectivity index (χ3v) is 7.24. The Hall–Kier alpha value is -2.22. The molecule has 7 heteroatoms. The molecular weight excluding hydrogens is 398 g/mol. The zero-order valence-electron chi connectivity index (χ0n) is 17.6. The summed E-state index contributed by atoms with van der Waals surface area (Å²) in [6.45, 7) is 7.91. The molecule has 30 heavy (non-hydrogen) atoms. The van der Waals surface area contributed by atoms with Crippen LogP contribution in [0.1, 0.15) is 28.5 Å². The number of hydrogen-bond acceptors (Lipinski definition) is 5. The van der Waals surface area contributed by atoms with Crippen molar-refractivity contribution in [2.75, 3.05) is 44.2 Å². The first-order valence-electron chi connectivity index (χ1n) is 10.5. The summed E-state index contributed by atoms with van der Waals surface area (Å²) in [5.74, 6) is -0.176. The van der Waals surface area contributed by atoms with Crippen molar-refractivity contribution in [2.24, 2.45) is 5.92 Å². The van der Waals surface area contributed by atoms with Crippen LogP contribution in [-0.2, 0) is 9.59 Å². The highest BCUT2D eigenvalue weighted by atomic mass is 32.1. The minimum absolute atomic E-state index is 0.0225. The number of amides is 2. The van der Waals surface area contributed by atoms with Crippen molar-refractivity contribution in [3.05, 3.63) is 51.7 Å². The number of benzene rings is 1. The highest BCUT2D eigenvalue weighted by Gasteiger charge is 2.38. The number of aliphatic hydroxyl groups is 1. The topological polar surface area (TPSA) is 64.1 Å². The van der Waals surface area contributed by atoms with E-state index in [1.54, 1.807) is 16.2 Å². The minimum atomic E-state index is -0.480. The predicted molar refractivity (Wildman–Crippen MR) is 119 cm³/mol. The predicted octanol–water partition coefficient (Wildman–Crippen LogP) is 2.60. The maximum absolute atomic E-state index is 13.0. The molecule has 6 nitrogen and oxygen atoms in total. The molecule has 2 amide bonds. The van der Waals surface area contributed by atoms with Crippen LogP contribution in [-0.4, -0.2) is 66.0 Å². The molecule has 0 spiro atoms. The van der Waals surface area contributed by atoms with Crippen LogP contribution in [0.3, 0.4) is 0 Å². The van der Waals surface area contributed by atoms with Gasteiger partial charge in [-0.15, -0.1) is 11.3 Å². The van der Waals surface area contributed by atoms with Crippen LogP contribution in [0.4, 0.5) is 5.69 Å². The molecule has 1 aromatic carbocycles. The first-order valence-corrected chi connectivity index (χ1v) is 11.4. The molecule has 2 saturated heterocycles. The summed E-state index contributed by atoms with van der Waals surface area (Å²) in [7, 11) is 0. The second kappa shape index (κ2) is 8.88. The Morgan fingerprint density at radius 3 is 2.60 bits per heavy atom. The van der Waals surface area contributed by atoms with Gasteiger partial charge in [-0.25, -0.2) is 0 Å². The number of anilines is 1. The first-order chi connectivity index (χ1) is 14.4. The summed E-state index contributed by atoms with van der Waals surface area (Å²) in [6.07, 6.45) is -0.200. The van der Waals surface area contributed by atoms with Gasteiger partial charge in [-0.05, 0) is 48.6 Å². The number of aryl methyl sites for hydroxylation is 2. The number of carbonyl (C=O) groups excluding carboxylic acids is 2. The molecule has 0 radical (unpaired) electrons. The summed E-state index contributed by atoms with van der Waals surface area (Å²) in [4.78, 5) is 32.4. The van der Waals surface area contributed by atoms with E-state index in [0.29, 0.717) is 26.2 Å². The Morgan fingerprint density at radius 2 is 1.93 bits per heavy atom. The molecule has 0 bridgehead atoms. The normalized spacial score (nSPS) is 21.3. The maximum atomic E-state index is 13.0. The van der Waals surface area contributed by atoms with Crippen molar-refractivity contribution in [1.82, 2.24) is 9.80 Å². The van der Waals surface area contributed by atoms with Crippen molar-refractivity contribution in [1.29, 1.82) is 0 Å². The molecule has 2 unspecified atom stereocenters. The minimum Gasteiger partial charge on any atom is -0.386 e. The fourth-order valence-electron chi connectivity index (χ4n) is 4.24. The van der Waals surface area contributed by atoms with E-state index in [9.17, 15) is 14.7 Å². The average molecular weight is 428 g/mol. The summed E-state index contributed by atoms with van der Waals surface area (Å²) in [6, 6.07) is 9.91. The number of β-amino-alcohol motifs (C(OH)–C–C–N with tert-alkyl or cyclic N) is 1. The van der Waals surface area contributed by atoms with Crippen molar-refractivity contribution in [3.8, 4) is 0 Å². The Labute approximate surface area is 181 Å². The number of rotatable bonds is 5. The summed E-state index contributed by atoms with van der Waals surface area (Å²) < 4.78 is 0. The molecule has 2 aliphatic heterocycles. The third kappa shape index (κ3) is 4.43. The number of nitrogens with zero attached hydrogens (tertiary/aromatic N) is 3. The number of hydrogen-bond donors (Lipinski definition) is 1. The lowest BCUT2D eigenvalue weighted by Gasteiger charge is -2.36. The Bertz CT molecular complexity index is 906. The second-order valence-corrected chi connectivity index (χ2v) is 9.31. The van der Waals surface area contributed by atoms with Gasteiger partial charge in [0.25, 0.3) is 0 Å². The Balaban J connectivity index is 1.31. The van der Waals surface area contributed by atoms with Crippen molar-refractivity contribution < 1.29 is 14.7 Å². The molecule has 160 valence electrons. The fraction of sp³-hybridized carbons (Fsp3) is 0.478. The van der Waals surface area contributed by atoms with Crippen molar-refractivity contribution in [2.45, 2.75) is 26.4 Å². The average Bonchev–Trinajstić information content (AvgIpc) is 3.40. The molecule has 2 aliphatic rings. The van der Waals surface area contributed by atoms with Gasteiger partial charge in [0.1, 0.15) is 6.10 Å². The highest BCUT2D eigenvalue weighted by molar-refractivity contribution is 7.10. The zero-order chi connectivity index (χ0) is 21.3. The number of aliphatic hydroxyl groups excluding tert-OH is 1. The molecule has 1 aromatic heterocycles. The lowest BCUT2D eigenvalue weighted by atomic mass is 10.1. The van der Waals surface area contributed by atoms with E-state index in [1.807, 2.05) is 47.5 Å². The van der Waals surface area contributed by atoms with Gasteiger partial charge in [0, 0.05) is 56.3 Å². The Kier molecular flexibility index (Phi) is 6.22. The number of piperazine rings is 1. The zero-order valence-corrected chi connectivity index (χ0v) is 18.4. The van der Waals surface area contributed by atoms with Crippen LogP contribution in [0, 0.1) is 19.8 Å². The van der Waals surface area contributed by atoms with Gasteiger partial charge < -0.3 is 14.9 Å². The van der Waals surface area contributed by atoms with Gasteiger partial charge >= 0.3 is 0 Å². The van der Waals surface area contributed by atoms with E-state index in [-0.39, 0.29) is 24.2 Å². The van der Waals surface area contributed by atoms with Gasteiger partial charge in [-0.3, -0.25) is 14.5 Å². The summed E-state index contributed by atoms with van der Waals surface area (Å²) >= 11 is 1.56. The molecule has 0 saturated carbocycles. The van der Waals surface area contributed by atoms with Gasteiger partial charge in [0.05, 0.1) is 5.92 Å². The molecule has 1 N–H and O–H groups in total. The quantitative estimate of drug-likeness (QED) is 0.797. The van der Waals surface area contributed by atoms with Gasteiger partial charge in [-0.2, -0.15) is 0 Å². The van der Waals surface area contributed by atoms with E-state index >= 15 is 0 Å². The maximum Gasteiger partial charge on any atom is 0.228 e. The van der Waals surface area contributed by atoms with E-state index in [2.05, 4.69) is 11.8 Å². The molecule has 3 heterocycles. The van der Waals surface area contributed by atoms with Crippen molar-refractivity contribution >= 4 is 28.8 Å². The Morgan fingerprint density at radius 1 is 1.17 bits per heavy atom. The van der Waals surface area contributed by atoms with Crippen LogP contribution in [0.5, 0.6) is 0 Å². The monoisotopic (exact) mass is 427 g/mol. The SMILES string of the molecule is Cc1ccc(N2CC(C(=O)N3CCN(CC(O)c4cccs4)CC3)CC2=O)cc1C. The lowest BCUT2D eigenvalue weighted by Crippen LogP contribution is -2.51. The summed E-state index contributed by atoms with van der Waals surface area (Å²) in [5, 5.41) is 12.3. The summed E-state index contributed by atoms with van der Waals surface area (Å²) in [5.41, 5.74) is 3.22. The molecule has 2 aromatic rings. The number of thiophene rings is 1. The molecule has 0 aliphatic carbocycles. The van der Waals surface area contributed by atoms with E-state index in [0.717, 1.165) is 29.2 Å². The molecule has 2 atom stereocenters. The molecular formula is C23H29N3O3S. The third-order valence-electron chi connectivity index (χ3n) is 6.26. The largest absolute Gasteiger partial charge is 0.386 e. The second-order valence-electron chi connectivity index (χ2n) is 8.33. The standard InChI is InChI=1S/C23H29N3O3S/c1-16-5-6-19(12-17(16)2)26-14-18(13-22(26)28)23(29)25-9-7-24(8-10-25)15-20(27)21-4-3-11-30-21/h3-6,11-12,18,20,27H,7-10,13-15H2,1-2H3. The van der Waals surface area contributed by atoms with Gasteiger partial charge in [0.15, 0.2) is 0 Å².